The third-order valence-corrected chi connectivity index (χ3v) is 2.68. The van der Waals surface area contributed by atoms with Crippen LogP contribution in [0.4, 0.5) is 0 Å². The van der Waals surface area contributed by atoms with E-state index >= 15 is 0 Å². The molecule has 3 nitrogen and oxygen atoms in total. The Morgan fingerprint density at radius 2 is 2.00 bits per heavy atom. The minimum absolute atomic E-state index is 0.0568. The molecule has 0 saturated carbocycles. The predicted octanol–water partition coefficient (Wildman–Crippen LogP) is 1.49. The lowest BCUT2D eigenvalue weighted by Gasteiger charge is -2.23. The highest BCUT2D eigenvalue weighted by Crippen LogP contribution is 2.32. The molecule has 0 unspecified atom stereocenters. The van der Waals surface area contributed by atoms with Crippen molar-refractivity contribution in [3.05, 3.63) is 42.0 Å². The van der Waals surface area contributed by atoms with Gasteiger partial charge in [0.25, 0.3) is 5.91 Å². The summed E-state index contributed by atoms with van der Waals surface area (Å²) >= 11 is 0. The quantitative estimate of drug-likeness (QED) is 0.791. The van der Waals surface area contributed by atoms with Crippen LogP contribution in [0.3, 0.4) is 0 Å². The average Bonchev–Trinajstić information content (AvgIpc) is 2.52. The second kappa shape index (κ2) is 3.51. The van der Waals surface area contributed by atoms with E-state index in [2.05, 4.69) is 6.58 Å². The summed E-state index contributed by atoms with van der Waals surface area (Å²) in [4.78, 5) is 13.5. The lowest BCUT2D eigenvalue weighted by atomic mass is 10.1. The maximum absolute atomic E-state index is 12.0. The molecule has 1 aliphatic heterocycles. The fourth-order valence-electron chi connectivity index (χ4n) is 1.85. The number of benzene rings is 1. The van der Waals surface area contributed by atoms with Crippen molar-refractivity contribution in [2.24, 2.45) is 0 Å². The van der Waals surface area contributed by atoms with Gasteiger partial charge < -0.3 is 10.0 Å². The number of fused-ring (bicyclic) bond motifs is 1. The molecule has 0 aromatic heterocycles. The van der Waals surface area contributed by atoms with E-state index in [1.54, 1.807) is 17.9 Å². The van der Waals surface area contributed by atoms with E-state index in [4.69, 9.17) is 5.11 Å². The van der Waals surface area contributed by atoms with E-state index in [1.165, 1.54) is 0 Å². The van der Waals surface area contributed by atoms with Gasteiger partial charge in [-0.15, -0.1) is 0 Å². The minimum Gasteiger partial charge on any atom is -0.394 e. The van der Waals surface area contributed by atoms with Gasteiger partial charge in [0.15, 0.2) is 0 Å². The Hall–Kier alpha value is -1.61. The van der Waals surface area contributed by atoms with Crippen LogP contribution in [0.5, 0.6) is 0 Å². The number of rotatable bonds is 2. The van der Waals surface area contributed by atoms with Crippen LogP contribution in [-0.2, 0) is 0 Å². The molecule has 1 aromatic carbocycles. The maximum atomic E-state index is 12.0. The van der Waals surface area contributed by atoms with Gasteiger partial charge in [0, 0.05) is 16.8 Å². The van der Waals surface area contributed by atoms with Crippen molar-refractivity contribution in [2.75, 3.05) is 6.61 Å². The van der Waals surface area contributed by atoms with Gasteiger partial charge in [-0.25, -0.2) is 0 Å². The first-order chi connectivity index (χ1) is 7.16. The summed E-state index contributed by atoms with van der Waals surface area (Å²) in [7, 11) is 0. The van der Waals surface area contributed by atoms with Crippen molar-refractivity contribution in [2.45, 2.75) is 13.0 Å². The van der Waals surface area contributed by atoms with Crippen LogP contribution in [-0.4, -0.2) is 28.6 Å². The van der Waals surface area contributed by atoms with Crippen LogP contribution in [0.1, 0.15) is 22.8 Å². The lowest BCUT2D eigenvalue weighted by Crippen LogP contribution is -2.34. The summed E-state index contributed by atoms with van der Waals surface area (Å²) in [5.74, 6) is -0.0721. The smallest absolute Gasteiger partial charge is 0.259 e. The summed E-state index contributed by atoms with van der Waals surface area (Å²) in [5.41, 5.74) is 2.21. The van der Waals surface area contributed by atoms with Crippen LogP contribution in [0.2, 0.25) is 0 Å². The molecule has 1 N–H and O–H groups in total. The number of hydrogen-bond donors (Lipinski definition) is 1. The molecule has 2 rings (SSSR count). The molecule has 3 heteroatoms. The van der Waals surface area contributed by atoms with E-state index < -0.39 is 0 Å². The largest absolute Gasteiger partial charge is 0.394 e. The summed E-state index contributed by atoms with van der Waals surface area (Å²) in [6.07, 6.45) is 0. The predicted molar refractivity (Wildman–Crippen MR) is 58.2 cm³/mol. The van der Waals surface area contributed by atoms with Crippen LogP contribution in [0.25, 0.3) is 5.70 Å². The van der Waals surface area contributed by atoms with Gasteiger partial charge in [0.1, 0.15) is 0 Å². The first-order valence-corrected chi connectivity index (χ1v) is 4.89. The molecule has 0 radical (unpaired) electrons. The molecule has 0 aliphatic carbocycles. The van der Waals surface area contributed by atoms with Crippen LogP contribution < -0.4 is 0 Å². The van der Waals surface area contributed by atoms with Crippen molar-refractivity contribution < 1.29 is 9.90 Å². The molecule has 0 bridgehead atoms. The summed E-state index contributed by atoms with van der Waals surface area (Å²) in [5, 5.41) is 9.07. The number of hydrogen-bond acceptors (Lipinski definition) is 2. The highest BCUT2D eigenvalue weighted by Gasteiger charge is 2.33. The molecule has 1 aliphatic rings. The SMILES string of the molecule is C=C1c2ccccc2C(=O)N1[C@@H](C)CO. The average molecular weight is 203 g/mol. The topological polar surface area (TPSA) is 40.5 Å². The monoisotopic (exact) mass is 203 g/mol. The molecule has 1 amide bonds. The third-order valence-electron chi connectivity index (χ3n) is 2.68. The molecule has 0 spiro atoms. The van der Waals surface area contributed by atoms with E-state index in [0.29, 0.717) is 11.3 Å². The molecule has 1 heterocycles. The zero-order valence-corrected chi connectivity index (χ0v) is 8.60. The highest BCUT2D eigenvalue weighted by atomic mass is 16.3. The Labute approximate surface area is 88.6 Å². The van der Waals surface area contributed by atoms with Crippen molar-refractivity contribution in [3.8, 4) is 0 Å². The van der Waals surface area contributed by atoms with Gasteiger partial charge >= 0.3 is 0 Å². The van der Waals surface area contributed by atoms with Crippen molar-refractivity contribution in [3.63, 3.8) is 0 Å². The number of nitrogens with zero attached hydrogens (tertiary/aromatic N) is 1. The van der Waals surface area contributed by atoms with E-state index in [1.807, 2.05) is 18.2 Å². The van der Waals surface area contributed by atoms with Crippen LogP contribution >= 0.6 is 0 Å². The van der Waals surface area contributed by atoms with Crippen molar-refractivity contribution in [1.82, 2.24) is 4.90 Å². The lowest BCUT2D eigenvalue weighted by molar-refractivity contribution is 0.0766. The Balaban J connectivity index is 2.45. The first-order valence-electron chi connectivity index (χ1n) is 4.89. The van der Waals surface area contributed by atoms with E-state index in [9.17, 15) is 4.79 Å². The molecule has 15 heavy (non-hydrogen) atoms. The molecule has 78 valence electrons. The highest BCUT2D eigenvalue weighted by molar-refractivity contribution is 6.09. The zero-order valence-electron chi connectivity index (χ0n) is 8.60. The molecular formula is C12H13NO2. The van der Waals surface area contributed by atoms with Gasteiger partial charge in [-0.3, -0.25) is 4.79 Å². The molecular weight excluding hydrogens is 190 g/mol. The third kappa shape index (κ3) is 1.36. The molecule has 1 atom stereocenters. The number of amides is 1. The normalized spacial score (nSPS) is 16.8. The number of carbonyl (C=O) groups is 1. The second-order valence-electron chi connectivity index (χ2n) is 3.70. The zero-order chi connectivity index (χ0) is 11.0. The number of aliphatic hydroxyl groups is 1. The fourth-order valence-corrected chi connectivity index (χ4v) is 1.85. The van der Waals surface area contributed by atoms with Gasteiger partial charge in [-0.2, -0.15) is 0 Å². The minimum atomic E-state index is -0.225. The summed E-state index contributed by atoms with van der Waals surface area (Å²) < 4.78 is 0. The van der Waals surface area contributed by atoms with Crippen molar-refractivity contribution >= 4 is 11.6 Å². The Morgan fingerprint density at radius 3 is 2.53 bits per heavy atom. The standard InChI is InChI=1S/C12H13NO2/c1-8(7-14)13-9(2)10-5-3-4-6-11(10)12(13)15/h3-6,8,14H,2,7H2,1H3/t8-/m0/s1. The van der Waals surface area contributed by atoms with E-state index in [0.717, 1.165) is 5.56 Å². The maximum Gasteiger partial charge on any atom is 0.259 e. The number of carbonyl (C=O) groups excluding carboxylic acids is 1. The van der Waals surface area contributed by atoms with Crippen LogP contribution in [0, 0.1) is 0 Å². The Kier molecular flexibility index (Phi) is 2.32. The van der Waals surface area contributed by atoms with Gasteiger partial charge in [-0.1, -0.05) is 24.8 Å². The van der Waals surface area contributed by atoms with Gasteiger partial charge in [0.2, 0.25) is 0 Å². The van der Waals surface area contributed by atoms with Crippen LogP contribution in [0.15, 0.2) is 30.8 Å². The van der Waals surface area contributed by atoms with Gasteiger partial charge in [-0.05, 0) is 13.0 Å². The van der Waals surface area contributed by atoms with Crippen molar-refractivity contribution in [1.29, 1.82) is 0 Å². The second-order valence-corrected chi connectivity index (χ2v) is 3.70. The Bertz CT molecular complexity index is 390. The summed E-state index contributed by atoms with van der Waals surface area (Å²) in [6.45, 7) is 5.63. The van der Waals surface area contributed by atoms with E-state index in [-0.39, 0.29) is 18.6 Å². The number of aliphatic hydroxyl groups excluding tert-OH is 1. The molecule has 0 saturated heterocycles. The molecule has 0 fully saturated rings. The fraction of sp³-hybridized carbons (Fsp3) is 0.250. The Morgan fingerprint density at radius 1 is 1.40 bits per heavy atom. The summed E-state index contributed by atoms with van der Waals surface area (Å²) in [6, 6.07) is 7.14. The first kappa shape index (κ1) is 9.93. The molecule has 1 aromatic rings. The van der Waals surface area contributed by atoms with Gasteiger partial charge in [0.05, 0.1) is 12.6 Å².